The van der Waals surface area contributed by atoms with Gasteiger partial charge in [-0.05, 0) is 43.2 Å². The number of amides is 2. The van der Waals surface area contributed by atoms with Gasteiger partial charge in [-0.1, -0.05) is 0 Å². The molecule has 0 bridgehead atoms. The second-order valence-electron chi connectivity index (χ2n) is 6.94. The summed E-state index contributed by atoms with van der Waals surface area (Å²) in [5.74, 6) is 0.532. The van der Waals surface area contributed by atoms with Crippen molar-refractivity contribution in [3.63, 3.8) is 0 Å². The third-order valence-corrected chi connectivity index (χ3v) is 4.99. The van der Waals surface area contributed by atoms with E-state index in [4.69, 9.17) is 4.74 Å². The largest absolute Gasteiger partial charge is 0.378 e. The fourth-order valence-electron chi connectivity index (χ4n) is 3.53. The lowest BCUT2D eigenvalue weighted by atomic mass is 10.2. The maximum Gasteiger partial charge on any atom is 0.323 e. The predicted octanol–water partition coefficient (Wildman–Crippen LogP) is 3.30. The van der Waals surface area contributed by atoms with E-state index in [1.165, 1.54) is 6.07 Å². The molecule has 0 unspecified atom stereocenters. The highest BCUT2D eigenvalue weighted by molar-refractivity contribution is 5.99. The number of pyridine rings is 1. The van der Waals surface area contributed by atoms with Gasteiger partial charge in [0, 0.05) is 31.9 Å². The van der Waals surface area contributed by atoms with E-state index in [9.17, 15) is 9.18 Å². The van der Waals surface area contributed by atoms with Crippen LogP contribution in [0.2, 0.25) is 0 Å². The number of carbonyl (C=O) groups is 1. The fourth-order valence-corrected chi connectivity index (χ4v) is 3.53. The van der Waals surface area contributed by atoms with E-state index < -0.39 is 6.03 Å². The van der Waals surface area contributed by atoms with Crippen molar-refractivity contribution in [2.24, 2.45) is 0 Å². The van der Waals surface area contributed by atoms with E-state index in [2.05, 4.69) is 20.5 Å². The van der Waals surface area contributed by atoms with Crippen LogP contribution in [0.5, 0.6) is 0 Å². The van der Waals surface area contributed by atoms with E-state index in [1.54, 1.807) is 24.4 Å². The van der Waals surface area contributed by atoms with Crippen molar-refractivity contribution in [1.82, 2.24) is 4.98 Å². The zero-order valence-electron chi connectivity index (χ0n) is 15.7. The summed E-state index contributed by atoms with van der Waals surface area (Å²) >= 11 is 0. The van der Waals surface area contributed by atoms with Crippen LogP contribution in [-0.2, 0) is 4.74 Å². The van der Waals surface area contributed by atoms with Crippen molar-refractivity contribution in [2.45, 2.75) is 12.8 Å². The Balaban J connectivity index is 1.34. The molecule has 2 aromatic rings. The molecule has 28 heavy (non-hydrogen) atoms. The molecule has 1 aromatic carbocycles. The normalized spacial score (nSPS) is 16.9. The smallest absolute Gasteiger partial charge is 0.323 e. The Bertz CT molecular complexity index is 818. The lowest BCUT2D eigenvalue weighted by molar-refractivity contribution is 0.122. The maximum absolute atomic E-state index is 14.4. The van der Waals surface area contributed by atoms with E-state index in [1.807, 2.05) is 11.0 Å². The number of aromatic nitrogens is 1. The molecule has 0 saturated carbocycles. The van der Waals surface area contributed by atoms with Gasteiger partial charge in [0.25, 0.3) is 0 Å². The van der Waals surface area contributed by atoms with Crippen LogP contribution in [0.15, 0.2) is 36.5 Å². The number of anilines is 4. The molecule has 4 rings (SSSR count). The number of morpholine rings is 1. The van der Waals surface area contributed by atoms with Crippen molar-refractivity contribution >= 4 is 28.9 Å². The monoisotopic (exact) mass is 385 g/mol. The van der Waals surface area contributed by atoms with Crippen LogP contribution < -0.4 is 20.4 Å². The van der Waals surface area contributed by atoms with E-state index in [-0.39, 0.29) is 5.82 Å². The lowest BCUT2D eigenvalue weighted by Crippen LogP contribution is -2.36. The molecule has 8 heteroatoms. The summed E-state index contributed by atoms with van der Waals surface area (Å²) in [6, 6.07) is 8.02. The first-order chi connectivity index (χ1) is 13.7. The highest BCUT2D eigenvalue weighted by Gasteiger charge is 2.17. The van der Waals surface area contributed by atoms with Crippen LogP contribution in [0.1, 0.15) is 12.8 Å². The molecule has 2 amide bonds. The molecule has 0 aliphatic carbocycles. The van der Waals surface area contributed by atoms with Gasteiger partial charge in [-0.3, -0.25) is 0 Å². The van der Waals surface area contributed by atoms with Gasteiger partial charge in [0.05, 0.1) is 30.8 Å². The first kappa shape index (κ1) is 18.5. The summed E-state index contributed by atoms with van der Waals surface area (Å²) in [7, 11) is 0. The molecule has 2 aliphatic rings. The number of rotatable bonds is 4. The zero-order chi connectivity index (χ0) is 19.3. The van der Waals surface area contributed by atoms with E-state index >= 15 is 0 Å². The summed E-state index contributed by atoms with van der Waals surface area (Å²) in [6.45, 7) is 4.74. The molecule has 2 N–H and O–H groups in total. The summed E-state index contributed by atoms with van der Waals surface area (Å²) in [6.07, 6.45) is 3.78. The minimum absolute atomic E-state index is 0.323. The fraction of sp³-hybridized carbons (Fsp3) is 0.400. The number of nitrogens with zero attached hydrogens (tertiary/aromatic N) is 3. The molecule has 7 nitrogen and oxygen atoms in total. The van der Waals surface area contributed by atoms with Gasteiger partial charge in [0.1, 0.15) is 11.6 Å². The topological polar surface area (TPSA) is 69.7 Å². The molecular weight excluding hydrogens is 361 g/mol. The quantitative estimate of drug-likeness (QED) is 0.845. The Morgan fingerprint density at radius 2 is 1.68 bits per heavy atom. The first-order valence-electron chi connectivity index (χ1n) is 9.60. The van der Waals surface area contributed by atoms with Gasteiger partial charge in [0.2, 0.25) is 0 Å². The Morgan fingerprint density at radius 1 is 0.964 bits per heavy atom. The highest BCUT2D eigenvalue weighted by atomic mass is 19.1. The van der Waals surface area contributed by atoms with Crippen molar-refractivity contribution in [3.05, 3.63) is 42.3 Å². The van der Waals surface area contributed by atoms with Crippen molar-refractivity contribution in [3.8, 4) is 0 Å². The average Bonchev–Trinajstić information content (AvgIpc) is 3.24. The minimum atomic E-state index is -0.436. The molecule has 3 heterocycles. The van der Waals surface area contributed by atoms with E-state index in [0.29, 0.717) is 30.3 Å². The number of nitrogens with one attached hydrogen (secondary N) is 2. The van der Waals surface area contributed by atoms with Crippen LogP contribution in [0.4, 0.5) is 32.1 Å². The third-order valence-electron chi connectivity index (χ3n) is 4.99. The molecule has 2 aliphatic heterocycles. The molecule has 2 fully saturated rings. The predicted molar refractivity (Wildman–Crippen MR) is 108 cm³/mol. The Labute approximate surface area is 163 Å². The Morgan fingerprint density at radius 3 is 2.36 bits per heavy atom. The van der Waals surface area contributed by atoms with Crippen molar-refractivity contribution in [1.29, 1.82) is 0 Å². The average molecular weight is 385 g/mol. The molecular formula is C20H24FN5O2. The number of halogens is 1. The number of carbonyl (C=O) groups excluding carboxylic acids is 1. The molecule has 1 aromatic heterocycles. The number of hydrogen-bond donors (Lipinski definition) is 2. The molecule has 0 spiro atoms. The summed E-state index contributed by atoms with van der Waals surface area (Å²) in [5.41, 5.74) is 1.57. The number of urea groups is 1. The number of ether oxygens (including phenoxy) is 1. The van der Waals surface area contributed by atoms with Crippen molar-refractivity contribution in [2.75, 3.05) is 59.8 Å². The summed E-state index contributed by atoms with van der Waals surface area (Å²) < 4.78 is 19.7. The molecule has 0 atom stereocenters. The van der Waals surface area contributed by atoms with Gasteiger partial charge in [-0.25, -0.2) is 14.2 Å². The maximum atomic E-state index is 14.4. The summed E-state index contributed by atoms with van der Waals surface area (Å²) in [5, 5.41) is 5.38. The zero-order valence-corrected chi connectivity index (χ0v) is 15.7. The number of benzene rings is 1. The van der Waals surface area contributed by atoms with Crippen molar-refractivity contribution < 1.29 is 13.9 Å². The van der Waals surface area contributed by atoms with Crippen LogP contribution in [0.25, 0.3) is 0 Å². The second-order valence-corrected chi connectivity index (χ2v) is 6.94. The molecule has 2 saturated heterocycles. The minimum Gasteiger partial charge on any atom is -0.378 e. The van der Waals surface area contributed by atoms with Crippen LogP contribution in [0.3, 0.4) is 0 Å². The van der Waals surface area contributed by atoms with Gasteiger partial charge < -0.3 is 25.2 Å². The van der Waals surface area contributed by atoms with Gasteiger partial charge in [-0.2, -0.15) is 0 Å². The van der Waals surface area contributed by atoms with Crippen LogP contribution in [0, 0.1) is 5.82 Å². The van der Waals surface area contributed by atoms with Gasteiger partial charge in [-0.15, -0.1) is 0 Å². The second kappa shape index (κ2) is 8.43. The molecule has 0 radical (unpaired) electrons. The third kappa shape index (κ3) is 4.33. The lowest BCUT2D eigenvalue weighted by Gasteiger charge is -2.27. The molecule has 148 valence electrons. The highest BCUT2D eigenvalue weighted by Crippen LogP contribution is 2.26. The summed E-state index contributed by atoms with van der Waals surface area (Å²) in [4.78, 5) is 20.8. The van der Waals surface area contributed by atoms with E-state index in [0.717, 1.165) is 44.8 Å². The Kier molecular flexibility index (Phi) is 5.57. The van der Waals surface area contributed by atoms with Gasteiger partial charge >= 0.3 is 6.03 Å². The van der Waals surface area contributed by atoms with Crippen LogP contribution >= 0.6 is 0 Å². The standard InChI is InChI=1S/C20H24FN5O2/c21-17-13-15(3-5-18(17)25-7-1-2-8-25)23-20(27)24-16-4-6-19(22-14-16)26-9-11-28-12-10-26/h3-6,13-14H,1-2,7-12H2,(H2,23,24,27). The van der Waals surface area contributed by atoms with Crippen LogP contribution in [-0.4, -0.2) is 50.4 Å². The number of hydrogen-bond acceptors (Lipinski definition) is 5. The van der Waals surface area contributed by atoms with Gasteiger partial charge in [0.15, 0.2) is 0 Å². The Hall–Kier alpha value is -2.87. The first-order valence-corrected chi connectivity index (χ1v) is 9.60. The SMILES string of the molecule is O=C(Nc1ccc(N2CCOCC2)nc1)Nc1ccc(N2CCCC2)c(F)c1.